The number of carbonyl (C=O) groups excluding carboxylic acids is 2. The average Bonchev–Trinajstić information content (AvgIpc) is 2.65. The van der Waals surface area contributed by atoms with E-state index in [9.17, 15) is 19.2 Å². The van der Waals surface area contributed by atoms with Gasteiger partial charge in [0.15, 0.2) is 6.61 Å². The minimum Gasteiger partial charge on any atom is -0.454 e. The van der Waals surface area contributed by atoms with Crippen LogP contribution < -0.4 is 16.4 Å². The molecule has 0 atom stereocenters. The van der Waals surface area contributed by atoms with E-state index in [-0.39, 0.29) is 10.8 Å². The molecule has 3 aromatic rings. The summed E-state index contributed by atoms with van der Waals surface area (Å²) in [5.74, 6) is -1.33. The van der Waals surface area contributed by atoms with Crippen LogP contribution in [0, 0.1) is 0 Å². The maximum atomic E-state index is 12.3. The summed E-state index contributed by atoms with van der Waals surface area (Å²) < 4.78 is 5.72. The Balaban J connectivity index is 1.64. The Labute approximate surface area is 147 Å². The van der Waals surface area contributed by atoms with Crippen molar-refractivity contribution in [2.24, 2.45) is 0 Å². The maximum Gasteiger partial charge on any atom is 0.328 e. The standard InChI is InChI=1S/C18H15N3O5/c22-15(19-12-6-2-1-3-7-12)11-26-16(23)10-21-18(25)14-9-5-4-8-13(14)17(24)20-21/h1-9H,10-11H2,(H,19,22)(H,20,24). The second-order valence-electron chi connectivity index (χ2n) is 5.45. The predicted octanol–water partition coefficient (Wildman–Crippen LogP) is 0.872. The molecule has 132 valence electrons. The topological polar surface area (TPSA) is 110 Å². The Morgan fingerprint density at radius 3 is 2.35 bits per heavy atom. The van der Waals surface area contributed by atoms with E-state index < -0.39 is 36.1 Å². The second kappa shape index (κ2) is 7.47. The monoisotopic (exact) mass is 353 g/mol. The van der Waals surface area contributed by atoms with Gasteiger partial charge in [0.25, 0.3) is 17.0 Å². The molecule has 0 unspecified atom stereocenters. The third-order valence-electron chi connectivity index (χ3n) is 3.59. The molecule has 1 heterocycles. The van der Waals surface area contributed by atoms with Gasteiger partial charge in [-0.05, 0) is 24.3 Å². The van der Waals surface area contributed by atoms with E-state index in [2.05, 4.69) is 10.4 Å². The molecule has 8 nitrogen and oxygen atoms in total. The number of hydrogen-bond acceptors (Lipinski definition) is 5. The fraction of sp³-hybridized carbons (Fsp3) is 0.111. The molecule has 0 saturated heterocycles. The van der Waals surface area contributed by atoms with Crippen molar-refractivity contribution >= 4 is 28.3 Å². The van der Waals surface area contributed by atoms with Gasteiger partial charge in [0.1, 0.15) is 6.54 Å². The first kappa shape index (κ1) is 17.2. The van der Waals surface area contributed by atoms with Gasteiger partial charge in [-0.2, -0.15) is 0 Å². The fourth-order valence-electron chi connectivity index (χ4n) is 2.40. The minimum atomic E-state index is -0.818. The summed E-state index contributed by atoms with van der Waals surface area (Å²) in [7, 11) is 0. The third kappa shape index (κ3) is 3.86. The van der Waals surface area contributed by atoms with Crippen LogP contribution in [0.4, 0.5) is 5.69 Å². The number of aromatic nitrogens is 2. The molecule has 0 saturated carbocycles. The molecule has 0 aliphatic heterocycles. The van der Waals surface area contributed by atoms with Crippen LogP contribution in [0.3, 0.4) is 0 Å². The van der Waals surface area contributed by atoms with E-state index in [1.54, 1.807) is 42.5 Å². The summed E-state index contributed by atoms with van der Waals surface area (Å²) in [4.78, 5) is 47.9. The highest BCUT2D eigenvalue weighted by molar-refractivity contribution is 5.92. The highest BCUT2D eigenvalue weighted by Gasteiger charge is 2.12. The van der Waals surface area contributed by atoms with E-state index in [0.29, 0.717) is 5.69 Å². The van der Waals surface area contributed by atoms with Crippen molar-refractivity contribution in [2.45, 2.75) is 6.54 Å². The lowest BCUT2D eigenvalue weighted by molar-refractivity contribution is -0.148. The lowest BCUT2D eigenvalue weighted by Gasteiger charge is -2.08. The highest BCUT2D eigenvalue weighted by atomic mass is 16.5. The Kier molecular flexibility index (Phi) is 4.93. The molecule has 0 aliphatic carbocycles. The van der Waals surface area contributed by atoms with Crippen LogP contribution in [-0.2, 0) is 20.9 Å². The number of anilines is 1. The van der Waals surface area contributed by atoms with E-state index >= 15 is 0 Å². The van der Waals surface area contributed by atoms with E-state index in [0.717, 1.165) is 4.68 Å². The van der Waals surface area contributed by atoms with Crippen LogP contribution in [0.5, 0.6) is 0 Å². The Hall–Kier alpha value is -3.68. The van der Waals surface area contributed by atoms with Crippen molar-refractivity contribution in [3.05, 3.63) is 75.3 Å². The number of rotatable bonds is 5. The number of fused-ring (bicyclic) bond motifs is 1. The van der Waals surface area contributed by atoms with Gasteiger partial charge in [-0.15, -0.1) is 0 Å². The first-order valence-electron chi connectivity index (χ1n) is 7.77. The molecule has 0 radical (unpaired) electrons. The summed E-state index contributed by atoms with van der Waals surface area (Å²) in [5, 5.41) is 5.33. The normalized spacial score (nSPS) is 10.5. The molecule has 3 rings (SSSR count). The first-order chi connectivity index (χ1) is 12.5. The van der Waals surface area contributed by atoms with Crippen molar-refractivity contribution in [1.29, 1.82) is 0 Å². The largest absolute Gasteiger partial charge is 0.454 e. The number of H-pyrrole nitrogens is 1. The van der Waals surface area contributed by atoms with Crippen LogP contribution in [0.25, 0.3) is 10.8 Å². The number of nitrogens with one attached hydrogen (secondary N) is 2. The average molecular weight is 353 g/mol. The highest BCUT2D eigenvalue weighted by Crippen LogP contribution is 2.05. The van der Waals surface area contributed by atoms with Gasteiger partial charge >= 0.3 is 5.97 Å². The number of benzene rings is 2. The quantitative estimate of drug-likeness (QED) is 0.662. The molecule has 2 aromatic carbocycles. The predicted molar refractivity (Wildman–Crippen MR) is 94.9 cm³/mol. The van der Waals surface area contributed by atoms with Crippen LogP contribution in [-0.4, -0.2) is 28.3 Å². The van der Waals surface area contributed by atoms with E-state index in [1.807, 2.05) is 0 Å². The summed E-state index contributed by atoms with van der Waals surface area (Å²) in [6, 6.07) is 15.0. The molecular formula is C18H15N3O5. The Bertz CT molecular complexity index is 1070. The summed E-state index contributed by atoms with van der Waals surface area (Å²) in [5.41, 5.74) is -0.440. The van der Waals surface area contributed by atoms with Gasteiger partial charge in [-0.3, -0.25) is 24.3 Å². The zero-order chi connectivity index (χ0) is 18.5. The van der Waals surface area contributed by atoms with Gasteiger partial charge in [0.05, 0.1) is 10.8 Å². The lowest BCUT2D eigenvalue weighted by Crippen LogP contribution is -2.33. The number of nitrogens with zero attached hydrogens (tertiary/aromatic N) is 1. The van der Waals surface area contributed by atoms with Crippen LogP contribution in [0.2, 0.25) is 0 Å². The number of carbonyl (C=O) groups is 2. The summed E-state index contributed by atoms with van der Waals surface area (Å²) in [6.45, 7) is -1.00. The van der Waals surface area contributed by atoms with Gasteiger partial charge in [0, 0.05) is 5.69 Å². The molecule has 8 heteroatoms. The van der Waals surface area contributed by atoms with Crippen molar-refractivity contribution in [3.63, 3.8) is 0 Å². The molecule has 0 fully saturated rings. The van der Waals surface area contributed by atoms with Crippen molar-refractivity contribution in [3.8, 4) is 0 Å². The molecule has 26 heavy (non-hydrogen) atoms. The molecular weight excluding hydrogens is 338 g/mol. The molecule has 1 amide bonds. The number of ether oxygens (including phenoxy) is 1. The number of amides is 1. The van der Waals surface area contributed by atoms with Crippen LogP contribution >= 0.6 is 0 Å². The lowest BCUT2D eigenvalue weighted by atomic mass is 10.2. The van der Waals surface area contributed by atoms with E-state index in [4.69, 9.17) is 4.74 Å². The Morgan fingerprint density at radius 2 is 1.62 bits per heavy atom. The summed E-state index contributed by atoms with van der Waals surface area (Å²) in [6.07, 6.45) is 0. The van der Waals surface area contributed by atoms with Crippen molar-refractivity contribution in [1.82, 2.24) is 9.78 Å². The number of aromatic amines is 1. The number of hydrogen-bond donors (Lipinski definition) is 2. The smallest absolute Gasteiger partial charge is 0.328 e. The van der Waals surface area contributed by atoms with Crippen LogP contribution in [0.15, 0.2) is 64.2 Å². The van der Waals surface area contributed by atoms with Crippen LogP contribution in [0.1, 0.15) is 0 Å². The minimum absolute atomic E-state index is 0.200. The molecule has 0 bridgehead atoms. The SMILES string of the molecule is O=C(COC(=O)Cn1[nH]c(=O)c2ccccc2c1=O)Nc1ccccc1. The van der Waals surface area contributed by atoms with Gasteiger partial charge < -0.3 is 10.1 Å². The first-order valence-corrected chi connectivity index (χ1v) is 7.77. The molecule has 0 aliphatic rings. The second-order valence-corrected chi connectivity index (χ2v) is 5.45. The molecule has 1 aromatic heterocycles. The molecule has 2 N–H and O–H groups in total. The van der Waals surface area contributed by atoms with Crippen molar-refractivity contribution in [2.75, 3.05) is 11.9 Å². The molecule has 0 spiro atoms. The zero-order valence-corrected chi connectivity index (χ0v) is 13.6. The van der Waals surface area contributed by atoms with Gasteiger partial charge in [0.2, 0.25) is 0 Å². The Morgan fingerprint density at radius 1 is 0.962 bits per heavy atom. The number of esters is 1. The van der Waals surface area contributed by atoms with E-state index in [1.165, 1.54) is 12.1 Å². The maximum absolute atomic E-state index is 12.3. The zero-order valence-electron chi connectivity index (χ0n) is 13.6. The fourth-order valence-corrected chi connectivity index (χ4v) is 2.40. The summed E-state index contributed by atoms with van der Waals surface area (Å²) >= 11 is 0. The van der Waals surface area contributed by atoms with Gasteiger partial charge in [-0.25, -0.2) is 4.68 Å². The van der Waals surface area contributed by atoms with Crippen molar-refractivity contribution < 1.29 is 14.3 Å². The number of para-hydroxylation sites is 1. The third-order valence-corrected chi connectivity index (χ3v) is 3.59. The van der Waals surface area contributed by atoms with Gasteiger partial charge in [-0.1, -0.05) is 30.3 Å².